The van der Waals surface area contributed by atoms with Gasteiger partial charge in [0.15, 0.2) is 5.75 Å². The maximum Gasteiger partial charge on any atom is 0.337 e. The van der Waals surface area contributed by atoms with Crippen molar-refractivity contribution in [2.75, 3.05) is 7.11 Å². The maximum absolute atomic E-state index is 11.5. The summed E-state index contributed by atoms with van der Waals surface area (Å²) in [6.45, 7) is 0.370. The highest BCUT2D eigenvalue weighted by molar-refractivity contribution is 9.10. The lowest BCUT2D eigenvalue weighted by molar-refractivity contribution is 0.0600. The van der Waals surface area contributed by atoms with Crippen molar-refractivity contribution in [3.05, 3.63) is 61.5 Å². The summed E-state index contributed by atoms with van der Waals surface area (Å²) in [5, 5.41) is 0.347. The van der Waals surface area contributed by atoms with Crippen LogP contribution in [-0.4, -0.2) is 13.1 Å². The number of esters is 1. The van der Waals surface area contributed by atoms with Gasteiger partial charge in [0.05, 0.1) is 22.2 Å². The molecule has 0 N–H and O–H groups in total. The van der Waals surface area contributed by atoms with Crippen molar-refractivity contribution in [3.63, 3.8) is 0 Å². The second-order valence-corrected chi connectivity index (χ2v) is 6.36. The fourth-order valence-electron chi connectivity index (χ4n) is 1.72. The Labute approximate surface area is 144 Å². The Morgan fingerprint density at radius 2 is 2.00 bits per heavy atom. The summed E-state index contributed by atoms with van der Waals surface area (Å²) in [7, 11) is 1.32. The lowest BCUT2D eigenvalue weighted by Crippen LogP contribution is -2.03. The number of halogens is 3. The molecule has 0 saturated heterocycles. The number of carbonyl (C=O) groups excluding carboxylic acids is 1. The first kappa shape index (κ1) is 16.3. The van der Waals surface area contributed by atoms with E-state index < -0.39 is 5.97 Å². The summed E-state index contributed by atoms with van der Waals surface area (Å²) in [6.07, 6.45) is 0. The van der Waals surface area contributed by atoms with E-state index in [1.165, 1.54) is 13.2 Å². The van der Waals surface area contributed by atoms with E-state index >= 15 is 0 Å². The molecule has 0 aliphatic heterocycles. The Morgan fingerprint density at radius 3 is 2.62 bits per heavy atom. The largest absolute Gasteiger partial charge is 0.486 e. The molecule has 0 radical (unpaired) electrons. The average Bonchev–Trinajstić information content (AvgIpc) is 2.45. The standard InChI is InChI=1S/C15H11Br2ClO3/c1-20-15(19)10-6-12(17)14(13(18)7-10)21-8-9-3-2-4-11(16)5-9/h2-7H,8H2,1H3. The number of ether oxygens (including phenoxy) is 2. The monoisotopic (exact) mass is 432 g/mol. The summed E-state index contributed by atoms with van der Waals surface area (Å²) >= 11 is 12.9. The van der Waals surface area contributed by atoms with E-state index in [1.807, 2.05) is 24.3 Å². The molecule has 0 bridgehead atoms. The molecule has 6 heteroatoms. The SMILES string of the molecule is COC(=O)c1cc(Cl)c(OCc2cccc(Br)c2)c(Br)c1. The molecular weight excluding hydrogens is 423 g/mol. The van der Waals surface area contributed by atoms with Gasteiger partial charge in [0.25, 0.3) is 0 Å². The van der Waals surface area contributed by atoms with Crippen LogP contribution < -0.4 is 4.74 Å². The van der Waals surface area contributed by atoms with Crippen molar-refractivity contribution in [2.45, 2.75) is 6.61 Å². The fourth-order valence-corrected chi connectivity index (χ4v) is 3.13. The third-order valence-electron chi connectivity index (χ3n) is 2.69. The molecule has 0 fully saturated rings. The van der Waals surface area contributed by atoms with Crippen LogP contribution in [0.5, 0.6) is 5.75 Å². The van der Waals surface area contributed by atoms with Gasteiger partial charge in [-0.1, -0.05) is 39.7 Å². The molecule has 0 aliphatic rings. The van der Waals surface area contributed by atoms with Crippen molar-refractivity contribution in [1.82, 2.24) is 0 Å². The first-order valence-electron chi connectivity index (χ1n) is 5.96. The van der Waals surface area contributed by atoms with E-state index in [9.17, 15) is 4.79 Å². The van der Waals surface area contributed by atoms with Gasteiger partial charge in [-0.05, 0) is 45.8 Å². The molecule has 0 aliphatic carbocycles. The number of benzene rings is 2. The van der Waals surface area contributed by atoms with E-state index in [0.29, 0.717) is 27.4 Å². The predicted molar refractivity (Wildman–Crippen MR) is 89.0 cm³/mol. The number of methoxy groups -OCH3 is 1. The van der Waals surface area contributed by atoms with Gasteiger partial charge in [0, 0.05) is 4.47 Å². The van der Waals surface area contributed by atoms with Crippen molar-refractivity contribution >= 4 is 49.4 Å². The van der Waals surface area contributed by atoms with Crippen molar-refractivity contribution < 1.29 is 14.3 Å². The molecule has 0 saturated carbocycles. The molecule has 2 aromatic rings. The van der Waals surface area contributed by atoms with Crippen molar-refractivity contribution in [3.8, 4) is 5.75 Å². The second-order valence-electron chi connectivity index (χ2n) is 4.18. The summed E-state index contributed by atoms with van der Waals surface area (Å²) in [5.41, 5.74) is 1.37. The summed E-state index contributed by atoms with van der Waals surface area (Å²) < 4.78 is 12.0. The van der Waals surface area contributed by atoms with Gasteiger partial charge < -0.3 is 9.47 Å². The Hall–Kier alpha value is -1.04. The van der Waals surface area contributed by atoms with Crippen LogP contribution >= 0.6 is 43.5 Å². The van der Waals surface area contributed by atoms with E-state index in [1.54, 1.807) is 6.07 Å². The summed E-state index contributed by atoms with van der Waals surface area (Å²) in [4.78, 5) is 11.5. The average molecular weight is 435 g/mol. The third-order valence-corrected chi connectivity index (χ3v) is 4.05. The minimum atomic E-state index is -0.448. The van der Waals surface area contributed by atoms with Crippen LogP contribution in [0.2, 0.25) is 5.02 Å². The molecule has 0 unspecified atom stereocenters. The molecular formula is C15H11Br2ClO3. The Balaban J connectivity index is 2.19. The lowest BCUT2D eigenvalue weighted by Gasteiger charge is -2.11. The van der Waals surface area contributed by atoms with Crippen LogP contribution in [0.1, 0.15) is 15.9 Å². The molecule has 110 valence electrons. The van der Waals surface area contributed by atoms with Gasteiger partial charge in [-0.2, -0.15) is 0 Å². The van der Waals surface area contributed by atoms with Gasteiger partial charge in [-0.15, -0.1) is 0 Å². The van der Waals surface area contributed by atoms with Crippen molar-refractivity contribution in [2.24, 2.45) is 0 Å². The number of carbonyl (C=O) groups is 1. The van der Waals surface area contributed by atoms with Crippen LogP contribution in [0.4, 0.5) is 0 Å². The quantitative estimate of drug-likeness (QED) is 0.618. The Kier molecular flexibility index (Phi) is 5.67. The zero-order valence-corrected chi connectivity index (χ0v) is 15.0. The molecule has 2 aromatic carbocycles. The van der Waals surface area contributed by atoms with Gasteiger partial charge in [-0.3, -0.25) is 0 Å². The topological polar surface area (TPSA) is 35.5 Å². The van der Waals surface area contributed by atoms with E-state index in [4.69, 9.17) is 16.3 Å². The third kappa shape index (κ3) is 4.22. The normalized spacial score (nSPS) is 10.3. The zero-order chi connectivity index (χ0) is 15.4. The molecule has 0 spiro atoms. The smallest absolute Gasteiger partial charge is 0.337 e. The highest BCUT2D eigenvalue weighted by Crippen LogP contribution is 2.35. The van der Waals surface area contributed by atoms with Crippen LogP contribution in [0.25, 0.3) is 0 Å². The lowest BCUT2D eigenvalue weighted by atomic mass is 10.2. The minimum absolute atomic E-state index is 0.347. The maximum atomic E-state index is 11.5. The van der Waals surface area contributed by atoms with Gasteiger partial charge >= 0.3 is 5.97 Å². The molecule has 3 nitrogen and oxygen atoms in total. The van der Waals surface area contributed by atoms with Crippen LogP contribution in [0.15, 0.2) is 45.3 Å². The highest BCUT2D eigenvalue weighted by atomic mass is 79.9. The van der Waals surface area contributed by atoms with Crippen molar-refractivity contribution in [1.29, 1.82) is 0 Å². The zero-order valence-electron chi connectivity index (χ0n) is 11.0. The highest BCUT2D eigenvalue weighted by Gasteiger charge is 2.14. The molecule has 0 heterocycles. The molecule has 0 aromatic heterocycles. The number of hydrogen-bond acceptors (Lipinski definition) is 3. The van der Waals surface area contributed by atoms with E-state index in [2.05, 4.69) is 36.6 Å². The molecule has 0 atom stereocenters. The Bertz CT molecular complexity index is 651. The molecule has 0 amide bonds. The second kappa shape index (κ2) is 7.29. The summed E-state index contributed by atoms with van der Waals surface area (Å²) in [6, 6.07) is 10.9. The Morgan fingerprint density at radius 1 is 1.24 bits per heavy atom. The first-order valence-corrected chi connectivity index (χ1v) is 7.92. The van der Waals surface area contributed by atoms with Crippen LogP contribution in [0, 0.1) is 0 Å². The van der Waals surface area contributed by atoms with Gasteiger partial charge in [0.1, 0.15) is 6.61 Å². The summed E-state index contributed by atoms with van der Waals surface area (Å²) in [5.74, 6) is 0.0421. The van der Waals surface area contributed by atoms with Gasteiger partial charge in [0.2, 0.25) is 0 Å². The van der Waals surface area contributed by atoms with E-state index in [0.717, 1.165) is 10.0 Å². The fraction of sp³-hybridized carbons (Fsp3) is 0.133. The number of rotatable bonds is 4. The van der Waals surface area contributed by atoms with Crippen LogP contribution in [0.3, 0.4) is 0 Å². The molecule has 2 rings (SSSR count). The van der Waals surface area contributed by atoms with E-state index in [-0.39, 0.29) is 0 Å². The first-order chi connectivity index (χ1) is 10.0. The number of hydrogen-bond donors (Lipinski definition) is 0. The molecule has 21 heavy (non-hydrogen) atoms. The van der Waals surface area contributed by atoms with Crippen LogP contribution in [-0.2, 0) is 11.3 Å². The van der Waals surface area contributed by atoms with Gasteiger partial charge in [-0.25, -0.2) is 4.79 Å². The minimum Gasteiger partial charge on any atom is -0.486 e. The predicted octanol–water partition coefficient (Wildman–Crippen LogP) is 5.23.